The van der Waals surface area contributed by atoms with E-state index in [1.165, 1.54) is 0 Å². The molecule has 2 heterocycles. The molecular weight excluding hydrogens is 230 g/mol. The van der Waals surface area contributed by atoms with Crippen molar-refractivity contribution in [3.8, 4) is 0 Å². The highest BCUT2D eigenvalue weighted by atomic mass is 16.4. The van der Waals surface area contributed by atoms with Crippen LogP contribution in [0.2, 0.25) is 0 Å². The van der Waals surface area contributed by atoms with Gasteiger partial charge in [-0.1, -0.05) is 0 Å². The van der Waals surface area contributed by atoms with Crippen LogP contribution in [0.5, 0.6) is 0 Å². The first-order chi connectivity index (χ1) is 8.63. The molecule has 0 amide bonds. The van der Waals surface area contributed by atoms with Crippen LogP contribution in [-0.4, -0.2) is 0 Å². The Balaban J connectivity index is 2.67. The van der Waals surface area contributed by atoms with Gasteiger partial charge in [0.05, 0.1) is 11.6 Å². The number of nitrogens with two attached hydrogens (primary N) is 1. The fraction of sp³-hybridized carbons (Fsp3) is 0.214. The summed E-state index contributed by atoms with van der Waals surface area (Å²) in [4.78, 5) is 11.8. The minimum atomic E-state index is -0.309. The lowest BCUT2D eigenvalue weighted by Gasteiger charge is -2.09. The number of hydrogen-bond donors (Lipinski definition) is 1. The van der Waals surface area contributed by atoms with E-state index in [1.807, 2.05) is 13.0 Å². The quantitative estimate of drug-likeness (QED) is 0.667. The van der Waals surface area contributed by atoms with Crippen LogP contribution in [0.3, 0.4) is 0 Å². The molecule has 0 atom stereocenters. The third-order valence-corrected chi connectivity index (χ3v) is 3.45. The van der Waals surface area contributed by atoms with Crippen molar-refractivity contribution < 1.29 is 8.83 Å². The molecule has 92 valence electrons. The summed E-state index contributed by atoms with van der Waals surface area (Å²) in [6.07, 6.45) is 1.58. The Morgan fingerprint density at radius 1 is 1.28 bits per heavy atom. The van der Waals surface area contributed by atoms with Crippen molar-refractivity contribution in [1.82, 2.24) is 0 Å². The molecule has 0 aliphatic rings. The summed E-state index contributed by atoms with van der Waals surface area (Å²) in [5, 5.41) is 1.73. The van der Waals surface area contributed by atoms with Crippen LogP contribution in [0.1, 0.15) is 16.7 Å². The van der Waals surface area contributed by atoms with Gasteiger partial charge in [0.1, 0.15) is 11.2 Å². The van der Waals surface area contributed by atoms with Gasteiger partial charge in [0.15, 0.2) is 0 Å². The molecule has 0 radical (unpaired) electrons. The summed E-state index contributed by atoms with van der Waals surface area (Å²) >= 11 is 0. The van der Waals surface area contributed by atoms with Crippen LogP contribution in [0.4, 0.5) is 0 Å². The third-order valence-electron chi connectivity index (χ3n) is 3.45. The van der Waals surface area contributed by atoms with Crippen LogP contribution in [0.15, 0.2) is 32.0 Å². The number of furan rings is 1. The summed E-state index contributed by atoms with van der Waals surface area (Å²) < 4.78 is 10.8. The normalized spacial score (nSPS) is 11.5. The van der Waals surface area contributed by atoms with E-state index in [9.17, 15) is 4.79 Å². The van der Waals surface area contributed by atoms with Gasteiger partial charge >= 0.3 is 5.63 Å². The molecule has 2 N–H and O–H groups in total. The number of fused-ring (bicyclic) bond motifs is 3. The molecule has 4 heteroatoms. The molecule has 2 aromatic heterocycles. The Hall–Kier alpha value is -2.07. The van der Waals surface area contributed by atoms with E-state index in [0.717, 1.165) is 21.9 Å². The highest BCUT2D eigenvalue weighted by Gasteiger charge is 2.15. The van der Waals surface area contributed by atoms with Crippen molar-refractivity contribution in [3.05, 3.63) is 45.5 Å². The standard InChI is InChI=1S/C14H13NO3/c1-7-8(2)14(16)18-13-10-3-4-17-11(10)5-9(6-15)12(7)13/h3-5H,6,15H2,1-2H3. The molecule has 3 rings (SSSR count). The average Bonchev–Trinajstić information content (AvgIpc) is 2.83. The van der Waals surface area contributed by atoms with Crippen molar-refractivity contribution in [2.24, 2.45) is 5.73 Å². The van der Waals surface area contributed by atoms with E-state index >= 15 is 0 Å². The molecule has 4 nitrogen and oxygen atoms in total. The third kappa shape index (κ3) is 1.32. The Morgan fingerprint density at radius 2 is 2.06 bits per heavy atom. The van der Waals surface area contributed by atoms with Gasteiger partial charge in [-0.05, 0) is 37.1 Å². The van der Waals surface area contributed by atoms with Crippen LogP contribution in [0.25, 0.3) is 21.9 Å². The lowest BCUT2D eigenvalue weighted by Crippen LogP contribution is -2.08. The maximum atomic E-state index is 11.8. The summed E-state index contributed by atoms with van der Waals surface area (Å²) in [7, 11) is 0. The molecule has 3 aromatic rings. The molecule has 0 spiro atoms. The van der Waals surface area contributed by atoms with E-state index in [2.05, 4.69) is 0 Å². The topological polar surface area (TPSA) is 69.4 Å². The van der Waals surface area contributed by atoms with Gasteiger partial charge in [-0.2, -0.15) is 0 Å². The second-order valence-electron chi connectivity index (χ2n) is 4.42. The largest absolute Gasteiger partial charge is 0.464 e. The maximum absolute atomic E-state index is 11.8. The van der Waals surface area contributed by atoms with Crippen LogP contribution in [-0.2, 0) is 6.54 Å². The SMILES string of the molecule is Cc1c(C)c2c(CN)cc3occc3c2oc1=O. The van der Waals surface area contributed by atoms with Gasteiger partial charge in [-0.15, -0.1) is 0 Å². The monoisotopic (exact) mass is 243 g/mol. The number of benzene rings is 1. The zero-order valence-electron chi connectivity index (χ0n) is 10.2. The first-order valence-corrected chi connectivity index (χ1v) is 5.76. The molecular formula is C14H13NO3. The van der Waals surface area contributed by atoms with Gasteiger partial charge in [0.25, 0.3) is 0 Å². The van der Waals surface area contributed by atoms with E-state index in [4.69, 9.17) is 14.6 Å². The summed E-state index contributed by atoms with van der Waals surface area (Å²) in [5.74, 6) is 0. The Labute approximate surface area is 103 Å². The number of aryl methyl sites for hydroxylation is 1. The zero-order valence-corrected chi connectivity index (χ0v) is 10.2. The van der Waals surface area contributed by atoms with E-state index in [0.29, 0.717) is 23.3 Å². The molecule has 1 aromatic carbocycles. The fourth-order valence-electron chi connectivity index (χ4n) is 2.32. The minimum Gasteiger partial charge on any atom is -0.464 e. The second-order valence-corrected chi connectivity index (χ2v) is 4.42. The van der Waals surface area contributed by atoms with Gasteiger partial charge in [-0.3, -0.25) is 0 Å². The lowest BCUT2D eigenvalue weighted by atomic mass is 10.00. The fourth-order valence-corrected chi connectivity index (χ4v) is 2.32. The van der Waals surface area contributed by atoms with Gasteiger partial charge in [0.2, 0.25) is 0 Å². The van der Waals surface area contributed by atoms with Crippen LogP contribution < -0.4 is 11.4 Å². The summed E-state index contributed by atoms with van der Waals surface area (Å²) in [6.45, 7) is 4.06. The van der Waals surface area contributed by atoms with Crippen LogP contribution >= 0.6 is 0 Å². The maximum Gasteiger partial charge on any atom is 0.339 e. The highest BCUT2D eigenvalue weighted by molar-refractivity contribution is 6.05. The first kappa shape index (κ1) is 11.0. The Morgan fingerprint density at radius 3 is 2.78 bits per heavy atom. The molecule has 0 saturated carbocycles. The predicted octanol–water partition coefficient (Wildman–Crippen LogP) is 2.61. The summed E-state index contributed by atoms with van der Waals surface area (Å²) in [6, 6.07) is 3.71. The van der Waals surface area contributed by atoms with E-state index in [-0.39, 0.29) is 5.63 Å². The number of hydrogen-bond acceptors (Lipinski definition) is 4. The first-order valence-electron chi connectivity index (χ1n) is 5.76. The van der Waals surface area contributed by atoms with Crippen molar-refractivity contribution in [2.45, 2.75) is 20.4 Å². The Kier molecular flexibility index (Phi) is 2.28. The van der Waals surface area contributed by atoms with Gasteiger partial charge < -0.3 is 14.6 Å². The molecule has 0 unspecified atom stereocenters. The molecule has 0 fully saturated rings. The molecule has 0 aliphatic carbocycles. The van der Waals surface area contributed by atoms with Crippen molar-refractivity contribution in [1.29, 1.82) is 0 Å². The Bertz CT molecular complexity index is 811. The van der Waals surface area contributed by atoms with Gasteiger partial charge in [-0.25, -0.2) is 4.79 Å². The lowest BCUT2D eigenvalue weighted by molar-refractivity contribution is 0.555. The predicted molar refractivity (Wildman–Crippen MR) is 69.6 cm³/mol. The zero-order chi connectivity index (χ0) is 12.9. The van der Waals surface area contributed by atoms with Crippen LogP contribution in [0, 0.1) is 13.8 Å². The molecule has 0 bridgehead atoms. The molecule has 0 saturated heterocycles. The van der Waals surface area contributed by atoms with E-state index in [1.54, 1.807) is 19.3 Å². The molecule has 0 aliphatic heterocycles. The van der Waals surface area contributed by atoms with Crippen molar-refractivity contribution in [2.75, 3.05) is 0 Å². The summed E-state index contributed by atoms with van der Waals surface area (Å²) in [5.41, 5.74) is 9.19. The van der Waals surface area contributed by atoms with E-state index < -0.39 is 0 Å². The average molecular weight is 243 g/mol. The second kappa shape index (κ2) is 3.71. The number of rotatable bonds is 1. The highest BCUT2D eigenvalue weighted by Crippen LogP contribution is 2.31. The minimum absolute atomic E-state index is 0.309. The smallest absolute Gasteiger partial charge is 0.339 e. The van der Waals surface area contributed by atoms with Crippen molar-refractivity contribution in [3.63, 3.8) is 0 Å². The van der Waals surface area contributed by atoms with Crippen molar-refractivity contribution >= 4 is 21.9 Å². The molecule has 18 heavy (non-hydrogen) atoms. The van der Waals surface area contributed by atoms with Gasteiger partial charge in [0, 0.05) is 17.5 Å².